The van der Waals surface area contributed by atoms with Crippen molar-refractivity contribution in [1.29, 1.82) is 5.41 Å². The highest BCUT2D eigenvalue weighted by Crippen LogP contribution is 2.31. The Hall–Kier alpha value is -2.05. The smallest absolute Gasteiger partial charge is 0.349 e. The van der Waals surface area contributed by atoms with Crippen LogP contribution in [0.4, 0.5) is 13.2 Å². The van der Waals surface area contributed by atoms with Crippen molar-refractivity contribution >= 4 is 11.9 Å². The van der Waals surface area contributed by atoms with Gasteiger partial charge >= 0.3 is 6.18 Å². The molecular weight excluding hydrogens is 259 g/mol. The number of hydrogen-bond acceptors (Lipinski definition) is 2. The maximum atomic E-state index is 12.7. The molecule has 104 valence electrons. The predicted octanol–water partition coefficient (Wildman–Crippen LogP) is 1.86. The van der Waals surface area contributed by atoms with Crippen LogP contribution in [0, 0.1) is 5.41 Å². The molecule has 0 saturated heterocycles. The van der Waals surface area contributed by atoms with E-state index in [1.807, 2.05) is 0 Å². The maximum absolute atomic E-state index is 12.7. The van der Waals surface area contributed by atoms with Gasteiger partial charge in [-0.15, -0.1) is 0 Å². The number of rotatable bonds is 2. The molecule has 0 unspecified atom stereocenters. The van der Waals surface area contributed by atoms with Crippen molar-refractivity contribution in [2.75, 3.05) is 14.1 Å². The molecule has 0 aliphatic heterocycles. The second-order valence-electron chi connectivity index (χ2n) is 4.12. The van der Waals surface area contributed by atoms with Crippen LogP contribution in [0.3, 0.4) is 0 Å². The highest BCUT2D eigenvalue weighted by Gasteiger charge is 2.33. The van der Waals surface area contributed by atoms with Gasteiger partial charge in [-0.2, -0.15) is 13.2 Å². The lowest BCUT2D eigenvalue weighted by Crippen LogP contribution is -2.40. The summed E-state index contributed by atoms with van der Waals surface area (Å²) < 4.78 is 38.1. The molecule has 0 aromatic heterocycles. The van der Waals surface area contributed by atoms with E-state index in [4.69, 9.17) is 5.41 Å². The first-order valence-corrected chi connectivity index (χ1v) is 5.42. The largest absolute Gasteiger partial charge is 0.416 e. The zero-order chi connectivity index (χ0) is 14.6. The first-order valence-electron chi connectivity index (χ1n) is 5.42. The molecule has 1 aromatic carbocycles. The van der Waals surface area contributed by atoms with Crippen LogP contribution in [-0.2, 0) is 17.4 Å². The predicted molar refractivity (Wildman–Crippen MR) is 64.7 cm³/mol. The van der Waals surface area contributed by atoms with E-state index in [9.17, 15) is 18.0 Å². The summed E-state index contributed by atoms with van der Waals surface area (Å²) in [5.41, 5.74) is -0.944. The minimum atomic E-state index is -4.49. The van der Waals surface area contributed by atoms with Crippen LogP contribution in [0.25, 0.3) is 0 Å². The first kappa shape index (κ1) is 15.0. The third-order valence-corrected chi connectivity index (χ3v) is 2.38. The lowest BCUT2D eigenvalue weighted by molar-refractivity contribution is -0.138. The Morgan fingerprint density at radius 1 is 1.32 bits per heavy atom. The van der Waals surface area contributed by atoms with Crippen molar-refractivity contribution in [3.05, 3.63) is 35.4 Å². The normalized spacial score (nSPS) is 11.0. The summed E-state index contributed by atoms with van der Waals surface area (Å²) in [5, 5.41) is 9.60. The highest BCUT2D eigenvalue weighted by molar-refractivity contribution is 5.96. The monoisotopic (exact) mass is 273 g/mol. The quantitative estimate of drug-likeness (QED) is 0.638. The fourth-order valence-electron chi connectivity index (χ4n) is 1.41. The topological polar surface area (TPSA) is 56.2 Å². The van der Waals surface area contributed by atoms with Gasteiger partial charge in [-0.3, -0.25) is 15.5 Å². The van der Waals surface area contributed by atoms with E-state index in [2.05, 4.69) is 5.32 Å². The number of benzene rings is 1. The lowest BCUT2D eigenvalue weighted by Gasteiger charge is -2.15. The summed E-state index contributed by atoms with van der Waals surface area (Å²) >= 11 is 0. The van der Waals surface area contributed by atoms with E-state index in [0.717, 1.165) is 6.07 Å². The van der Waals surface area contributed by atoms with Crippen LogP contribution in [0.5, 0.6) is 0 Å². The Morgan fingerprint density at radius 2 is 1.89 bits per heavy atom. The van der Waals surface area contributed by atoms with Gasteiger partial charge in [0.05, 0.1) is 12.0 Å². The first-order chi connectivity index (χ1) is 8.71. The molecular formula is C12H14F3N3O. The maximum Gasteiger partial charge on any atom is 0.416 e. The highest BCUT2D eigenvalue weighted by atomic mass is 19.4. The van der Waals surface area contributed by atoms with Crippen LogP contribution in [-0.4, -0.2) is 30.9 Å². The number of hydrogen-bond donors (Lipinski definition) is 2. The fourth-order valence-corrected chi connectivity index (χ4v) is 1.41. The van der Waals surface area contributed by atoms with Crippen molar-refractivity contribution in [3.63, 3.8) is 0 Å². The number of guanidine groups is 1. The summed E-state index contributed by atoms with van der Waals surface area (Å²) in [6, 6.07) is 4.89. The van der Waals surface area contributed by atoms with E-state index in [1.165, 1.54) is 23.1 Å². The molecule has 1 rings (SSSR count). The van der Waals surface area contributed by atoms with Crippen molar-refractivity contribution in [2.24, 2.45) is 0 Å². The van der Waals surface area contributed by atoms with Gasteiger partial charge in [-0.25, -0.2) is 0 Å². The van der Waals surface area contributed by atoms with Gasteiger partial charge in [0.15, 0.2) is 5.96 Å². The van der Waals surface area contributed by atoms with Crippen molar-refractivity contribution in [3.8, 4) is 0 Å². The van der Waals surface area contributed by atoms with Gasteiger partial charge in [0.1, 0.15) is 0 Å². The van der Waals surface area contributed by atoms with Crippen molar-refractivity contribution in [1.82, 2.24) is 10.2 Å². The average Bonchev–Trinajstić information content (AvgIpc) is 2.27. The minimum absolute atomic E-state index is 0.112. The van der Waals surface area contributed by atoms with Crippen LogP contribution >= 0.6 is 0 Å². The van der Waals surface area contributed by atoms with Gasteiger partial charge < -0.3 is 4.90 Å². The van der Waals surface area contributed by atoms with Gasteiger partial charge in [-0.1, -0.05) is 18.2 Å². The number of alkyl halides is 3. The molecule has 0 radical (unpaired) electrons. The second kappa shape index (κ2) is 5.73. The summed E-state index contributed by atoms with van der Waals surface area (Å²) in [6.07, 6.45) is -4.92. The number of nitrogens with zero attached hydrogens (tertiary/aromatic N) is 1. The molecule has 2 N–H and O–H groups in total. The van der Waals surface area contributed by atoms with Gasteiger partial charge in [0.2, 0.25) is 5.91 Å². The van der Waals surface area contributed by atoms with Crippen LogP contribution < -0.4 is 5.32 Å². The Morgan fingerprint density at radius 3 is 2.42 bits per heavy atom. The average molecular weight is 273 g/mol. The van der Waals surface area contributed by atoms with Crippen molar-refractivity contribution < 1.29 is 18.0 Å². The standard InChI is InChI=1S/C12H14F3N3O/c1-18(2)11(16)17-10(19)7-8-5-3-4-6-9(8)12(13,14)15/h3-6H,7H2,1-2H3,(H2,16,17,19). The van der Waals surface area contributed by atoms with Crippen LogP contribution in [0.15, 0.2) is 24.3 Å². The zero-order valence-corrected chi connectivity index (χ0v) is 10.5. The number of carbonyl (C=O) groups is 1. The molecule has 0 bridgehead atoms. The Balaban J connectivity index is 2.83. The Bertz CT molecular complexity index is 483. The minimum Gasteiger partial charge on any atom is -0.349 e. The van der Waals surface area contributed by atoms with Crippen LogP contribution in [0.1, 0.15) is 11.1 Å². The molecule has 19 heavy (non-hydrogen) atoms. The zero-order valence-electron chi connectivity index (χ0n) is 10.5. The SMILES string of the molecule is CN(C)C(=N)NC(=O)Cc1ccccc1C(F)(F)F. The van der Waals surface area contributed by atoms with E-state index in [-0.39, 0.29) is 11.5 Å². The summed E-state index contributed by atoms with van der Waals surface area (Å²) in [4.78, 5) is 12.9. The summed E-state index contributed by atoms with van der Waals surface area (Å²) in [5.74, 6) is -0.829. The van der Waals surface area contributed by atoms with E-state index < -0.39 is 24.1 Å². The molecule has 4 nitrogen and oxygen atoms in total. The molecule has 0 fully saturated rings. The van der Waals surface area contributed by atoms with E-state index in [0.29, 0.717) is 0 Å². The van der Waals surface area contributed by atoms with Crippen molar-refractivity contribution in [2.45, 2.75) is 12.6 Å². The molecule has 7 heteroatoms. The molecule has 1 amide bonds. The van der Waals surface area contributed by atoms with E-state index in [1.54, 1.807) is 14.1 Å². The summed E-state index contributed by atoms with van der Waals surface area (Å²) in [7, 11) is 3.10. The number of halogens is 3. The number of nitrogens with one attached hydrogen (secondary N) is 2. The fraction of sp³-hybridized carbons (Fsp3) is 0.333. The summed E-state index contributed by atoms with van der Waals surface area (Å²) in [6.45, 7) is 0. The molecule has 0 heterocycles. The molecule has 0 spiro atoms. The number of amides is 1. The Labute approximate surface area is 108 Å². The lowest BCUT2D eigenvalue weighted by atomic mass is 10.0. The number of carbonyl (C=O) groups excluding carboxylic acids is 1. The van der Waals surface area contributed by atoms with Gasteiger partial charge in [0.25, 0.3) is 0 Å². The van der Waals surface area contributed by atoms with E-state index >= 15 is 0 Å². The molecule has 1 aromatic rings. The van der Waals surface area contributed by atoms with Crippen LogP contribution in [0.2, 0.25) is 0 Å². The van der Waals surface area contributed by atoms with Gasteiger partial charge in [-0.05, 0) is 11.6 Å². The second-order valence-corrected chi connectivity index (χ2v) is 4.12. The molecule has 0 atom stereocenters. The third-order valence-electron chi connectivity index (χ3n) is 2.38. The van der Waals surface area contributed by atoms with Gasteiger partial charge in [0, 0.05) is 14.1 Å². The Kier molecular flexibility index (Phi) is 4.52. The molecule has 0 aliphatic rings. The molecule has 0 aliphatic carbocycles. The third kappa shape index (κ3) is 4.27. The molecule has 0 saturated carbocycles.